The van der Waals surface area contributed by atoms with Crippen LogP contribution in [0.5, 0.6) is 0 Å². The highest BCUT2D eigenvalue weighted by atomic mass is 32.2. The number of rotatable bonds is 2. The molecule has 78 valence electrons. The van der Waals surface area contributed by atoms with Crippen LogP contribution in [0.15, 0.2) is 28.4 Å². The minimum atomic E-state index is -0.594. The SMILES string of the molecule is CCOC(=O)C1=CN=C2SCC=C2C1=O. The van der Waals surface area contributed by atoms with Crippen molar-refractivity contribution in [3.63, 3.8) is 0 Å². The quantitative estimate of drug-likeness (QED) is 0.519. The predicted molar refractivity (Wildman–Crippen MR) is 57.7 cm³/mol. The van der Waals surface area contributed by atoms with E-state index >= 15 is 0 Å². The molecular weight excluding hydrogens is 214 g/mol. The van der Waals surface area contributed by atoms with Gasteiger partial charge in [0.2, 0.25) is 5.78 Å². The summed E-state index contributed by atoms with van der Waals surface area (Å²) in [4.78, 5) is 27.2. The molecule has 15 heavy (non-hydrogen) atoms. The monoisotopic (exact) mass is 223 g/mol. The van der Waals surface area contributed by atoms with Crippen molar-refractivity contribution >= 4 is 28.6 Å². The third kappa shape index (κ3) is 1.74. The van der Waals surface area contributed by atoms with E-state index in [4.69, 9.17) is 4.74 Å². The van der Waals surface area contributed by atoms with Gasteiger partial charge < -0.3 is 4.74 Å². The van der Waals surface area contributed by atoms with E-state index in [1.165, 1.54) is 18.0 Å². The van der Waals surface area contributed by atoms with Crippen molar-refractivity contribution in [1.82, 2.24) is 0 Å². The fourth-order valence-corrected chi connectivity index (χ4v) is 2.21. The van der Waals surface area contributed by atoms with E-state index in [1.807, 2.05) is 0 Å². The van der Waals surface area contributed by atoms with E-state index in [0.717, 1.165) is 5.75 Å². The van der Waals surface area contributed by atoms with E-state index in [0.29, 0.717) is 10.6 Å². The number of ketones is 1. The molecule has 0 unspecified atom stereocenters. The van der Waals surface area contributed by atoms with Gasteiger partial charge in [-0.2, -0.15) is 0 Å². The first-order chi connectivity index (χ1) is 7.24. The topological polar surface area (TPSA) is 55.7 Å². The van der Waals surface area contributed by atoms with Crippen LogP contribution < -0.4 is 0 Å². The van der Waals surface area contributed by atoms with Gasteiger partial charge in [-0.05, 0) is 6.92 Å². The predicted octanol–water partition coefficient (Wildman–Crippen LogP) is 1.09. The van der Waals surface area contributed by atoms with Gasteiger partial charge in [0.05, 0.1) is 12.2 Å². The third-order valence-electron chi connectivity index (χ3n) is 2.03. The summed E-state index contributed by atoms with van der Waals surface area (Å²) in [6, 6.07) is 0. The maximum absolute atomic E-state index is 11.8. The lowest BCUT2D eigenvalue weighted by molar-refractivity contribution is -0.139. The molecule has 0 aromatic heterocycles. The third-order valence-corrected chi connectivity index (χ3v) is 2.97. The van der Waals surface area contributed by atoms with Crippen molar-refractivity contribution in [3.8, 4) is 0 Å². The molecule has 2 heterocycles. The molecule has 4 nitrogen and oxygen atoms in total. The van der Waals surface area contributed by atoms with Gasteiger partial charge >= 0.3 is 5.97 Å². The Kier molecular flexibility index (Phi) is 2.73. The number of ether oxygens (including phenoxy) is 1. The lowest BCUT2D eigenvalue weighted by Gasteiger charge is -2.10. The van der Waals surface area contributed by atoms with Gasteiger partial charge in [-0.1, -0.05) is 6.08 Å². The van der Waals surface area contributed by atoms with E-state index in [2.05, 4.69) is 4.99 Å². The molecule has 0 saturated heterocycles. The van der Waals surface area contributed by atoms with Crippen molar-refractivity contribution in [2.75, 3.05) is 12.4 Å². The standard InChI is InChI=1S/C10H9NO3S/c1-2-14-10(13)7-5-11-9-6(8(7)12)3-4-15-9/h3,5H,2,4H2,1H3. The van der Waals surface area contributed by atoms with Crippen LogP contribution in [0.2, 0.25) is 0 Å². The van der Waals surface area contributed by atoms with Crippen LogP contribution in [-0.2, 0) is 14.3 Å². The van der Waals surface area contributed by atoms with Crippen LogP contribution in [0.25, 0.3) is 0 Å². The maximum atomic E-state index is 11.8. The van der Waals surface area contributed by atoms with Crippen LogP contribution in [0.4, 0.5) is 0 Å². The molecule has 0 bridgehead atoms. The Balaban J connectivity index is 2.28. The molecule has 2 rings (SSSR count). The summed E-state index contributed by atoms with van der Waals surface area (Å²) in [5.41, 5.74) is 0.555. The molecular formula is C10H9NO3S. The normalized spacial score (nSPS) is 19.0. The van der Waals surface area contributed by atoms with Crippen molar-refractivity contribution in [2.45, 2.75) is 6.92 Å². The second kappa shape index (κ2) is 4.02. The van der Waals surface area contributed by atoms with Gasteiger partial charge in [-0.25, -0.2) is 9.79 Å². The van der Waals surface area contributed by atoms with Crippen LogP contribution in [0, 0.1) is 0 Å². The molecule has 0 N–H and O–H groups in total. The van der Waals surface area contributed by atoms with Crippen LogP contribution in [-0.4, -0.2) is 29.2 Å². The Labute approximate surface area is 91.1 Å². The maximum Gasteiger partial charge on any atom is 0.343 e. The first-order valence-corrected chi connectivity index (χ1v) is 5.55. The van der Waals surface area contributed by atoms with Gasteiger partial charge in [0.25, 0.3) is 0 Å². The highest BCUT2D eigenvalue weighted by Gasteiger charge is 2.31. The van der Waals surface area contributed by atoms with Crippen molar-refractivity contribution < 1.29 is 14.3 Å². The average Bonchev–Trinajstić information content (AvgIpc) is 2.67. The Morgan fingerprint density at radius 3 is 3.20 bits per heavy atom. The molecule has 0 spiro atoms. The number of carbonyl (C=O) groups is 2. The van der Waals surface area contributed by atoms with Crippen LogP contribution in [0.3, 0.4) is 0 Å². The number of hydrogen-bond acceptors (Lipinski definition) is 5. The van der Waals surface area contributed by atoms with Crippen molar-refractivity contribution in [1.29, 1.82) is 0 Å². The smallest absolute Gasteiger partial charge is 0.343 e. The summed E-state index contributed by atoms with van der Waals surface area (Å²) >= 11 is 1.50. The lowest BCUT2D eigenvalue weighted by Crippen LogP contribution is -2.21. The largest absolute Gasteiger partial charge is 0.462 e. The fourth-order valence-electron chi connectivity index (χ4n) is 1.35. The van der Waals surface area contributed by atoms with Crippen molar-refractivity contribution in [3.05, 3.63) is 23.4 Å². The fraction of sp³-hybridized carbons (Fsp3) is 0.300. The van der Waals surface area contributed by atoms with Gasteiger partial charge in [0.1, 0.15) is 10.6 Å². The van der Waals surface area contributed by atoms with E-state index in [-0.39, 0.29) is 18.0 Å². The van der Waals surface area contributed by atoms with Crippen LogP contribution >= 0.6 is 11.8 Å². The number of nitrogens with zero attached hydrogens (tertiary/aromatic N) is 1. The zero-order chi connectivity index (χ0) is 10.8. The molecule has 0 radical (unpaired) electrons. The second-order valence-electron chi connectivity index (χ2n) is 2.96. The molecule has 2 aliphatic heterocycles. The summed E-state index contributed by atoms with van der Waals surface area (Å²) in [6.07, 6.45) is 3.09. The molecule has 5 heteroatoms. The summed E-state index contributed by atoms with van der Waals surface area (Å²) in [5.74, 6) is -0.129. The van der Waals surface area contributed by atoms with Gasteiger partial charge in [0.15, 0.2) is 0 Å². The highest BCUT2D eigenvalue weighted by molar-refractivity contribution is 8.15. The molecule has 0 fully saturated rings. The van der Waals surface area contributed by atoms with E-state index < -0.39 is 5.97 Å². The minimum absolute atomic E-state index is 0.0225. The zero-order valence-corrected chi connectivity index (χ0v) is 8.97. The Morgan fingerprint density at radius 2 is 2.47 bits per heavy atom. The summed E-state index contributed by atoms with van der Waals surface area (Å²) in [6.45, 7) is 1.96. The van der Waals surface area contributed by atoms with Gasteiger partial charge in [-0.15, -0.1) is 11.8 Å². The Hall–Kier alpha value is -1.36. The lowest BCUT2D eigenvalue weighted by atomic mass is 10.0. The van der Waals surface area contributed by atoms with Crippen LogP contribution in [0.1, 0.15) is 6.92 Å². The molecule has 0 aromatic carbocycles. The first kappa shape index (κ1) is 10.2. The molecule has 0 amide bonds. The Bertz CT molecular complexity index is 420. The number of esters is 1. The number of fused-ring (bicyclic) bond motifs is 1. The molecule has 0 aromatic rings. The summed E-state index contributed by atoms with van der Waals surface area (Å²) < 4.78 is 4.77. The second-order valence-corrected chi connectivity index (χ2v) is 3.96. The molecule has 0 aliphatic carbocycles. The van der Waals surface area contributed by atoms with Gasteiger partial charge in [0, 0.05) is 12.0 Å². The number of hydrogen-bond donors (Lipinski definition) is 0. The van der Waals surface area contributed by atoms with E-state index in [1.54, 1.807) is 13.0 Å². The zero-order valence-electron chi connectivity index (χ0n) is 8.15. The number of carbonyl (C=O) groups excluding carboxylic acids is 2. The molecule has 2 aliphatic rings. The molecule has 0 saturated carbocycles. The number of thioether (sulfide) groups is 1. The average molecular weight is 223 g/mol. The highest BCUT2D eigenvalue weighted by Crippen LogP contribution is 2.27. The summed E-state index contributed by atoms with van der Waals surface area (Å²) in [7, 11) is 0. The minimum Gasteiger partial charge on any atom is -0.462 e. The summed E-state index contributed by atoms with van der Waals surface area (Å²) in [5, 5.41) is 0.702. The number of aliphatic imine (C=N–C) groups is 1. The number of Topliss-reactive ketones (excluding diaryl/α,β-unsaturated/α-hetero) is 1. The Morgan fingerprint density at radius 1 is 1.67 bits per heavy atom. The first-order valence-electron chi connectivity index (χ1n) is 4.57. The van der Waals surface area contributed by atoms with Gasteiger partial charge in [-0.3, -0.25) is 4.79 Å². The molecule has 0 atom stereocenters. The van der Waals surface area contributed by atoms with E-state index in [9.17, 15) is 9.59 Å². The van der Waals surface area contributed by atoms with Crippen molar-refractivity contribution in [2.24, 2.45) is 4.99 Å².